The van der Waals surface area contributed by atoms with Crippen LogP contribution < -0.4 is 16.0 Å². The van der Waals surface area contributed by atoms with E-state index >= 15 is 0 Å². The van der Waals surface area contributed by atoms with Gasteiger partial charge in [0.25, 0.3) is 5.56 Å². The summed E-state index contributed by atoms with van der Waals surface area (Å²) in [6.45, 7) is 3.75. The number of H-pyrrole nitrogens is 1. The van der Waals surface area contributed by atoms with Crippen molar-refractivity contribution < 1.29 is 9.53 Å². The summed E-state index contributed by atoms with van der Waals surface area (Å²) in [6, 6.07) is 11.7. The molecule has 2 aromatic carbocycles. The zero-order valence-electron chi connectivity index (χ0n) is 15.8. The third-order valence-electron chi connectivity index (χ3n) is 5.21. The molecule has 0 fully saturated rings. The van der Waals surface area contributed by atoms with Crippen molar-refractivity contribution in [1.82, 2.24) is 4.98 Å². The number of ether oxygens (including phenoxy) is 1. The molecule has 5 nitrogen and oxygen atoms in total. The topological polar surface area (TPSA) is 85.2 Å². The minimum absolute atomic E-state index is 0.0812. The molecular weight excluding hydrogens is 372 g/mol. The highest BCUT2D eigenvalue weighted by Crippen LogP contribution is 2.41. The normalized spacial score (nSPS) is 12.4. The average Bonchev–Trinajstić information content (AvgIpc) is 3.18. The zero-order chi connectivity index (χ0) is 20.0. The van der Waals surface area contributed by atoms with E-state index in [1.807, 2.05) is 48.7 Å². The number of pyridine rings is 1. The number of primary amides is 1. The molecule has 4 rings (SSSR count). The Labute approximate surface area is 165 Å². The molecule has 1 amide bonds. The fourth-order valence-corrected chi connectivity index (χ4v) is 4.41. The first-order valence-electron chi connectivity index (χ1n) is 8.92. The maximum atomic E-state index is 12.5. The van der Waals surface area contributed by atoms with E-state index in [2.05, 4.69) is 4.98 Å². The number of fused-ring (bicyclic) bond motifs is 3. The van der Waals surface area contributed by atoms with Gasteiger partial charge in [-0.25, -0.2) is 0 Å². The molecule has 1 atom stereocenters. The van der Waals surface area contributed by atoms with Gasteiger partial charge in [-0.1, -0.05) is 24.3 Å². The van der Waals surface area contributed by atoms with E-state index in [-0.39, 0.29) is 17.4 Å². The van der Waals surface area contributed by atoms with Gasteiger partial charge in [0.15, 0.2) is 0 Å². The number of hydrogen-bond acceptors (Lipinski definition) is 4. The molecule has 4 aromatic rings. The van der Waals surface area contributed by atoms with E-state index < -0.39 is 0 Å². The maximum absolute atomic E-state index is 12.5. The molecule has 0 aliphatic rings. The number of hydrogen-bond donors (Lipinski definition) is 2. The largest absolute Gasteiger partial charge is 0.496 e. The van der Waals surface area contributed by atoms with E-state index in [9.17, 15) is 9.59 Å². The van der Waals surface area contributed by atoms with Crippen molar-refractivity contribution in [2.24, 2.45) is 5.73 Å². The summed E-state index contributed by atoms with van der Waals surface area (Å²) in [6.07, 6.45) is 0. The Kier molecular flexibility index (Phi) is 4.43. The molecule has 28 heavy (non-hydrogen) atoms. The van der Waals surface area contributed by atoms with E-state index in [4.69, 9.17) is 10.5 Å². The Morgan fingerprint density at radius 3 is 2.57 bits per heavy atom. The fourth-order valence-electron chi connectivity index (χ4n) is 3.62. The molecule has 0 aliphatic carbocycles. The fraction of sp³-hybridized carbons (Fsp3) is 0.182. The average molecular weight is 392 g/mol. The Hall–Kier alpha value is -3.12. The number of rotatable bonds is 4. The third kappa shape index (κ3) is 2.77. The van der Waals surface area contributed by atoms with Gasteiger partial charge in [-0.05, 0) is 48.1 Å². The number of aryl methyl sites for hydroxylation is 1. The van der Waals surface area contributed by atoms with Gasteiger partial charge < -0.3 is 15.5 Å². The second-order valence-electron chi connectivity index (χ2n) is 6.88. The van der Waals surface area contributed by atoms with Crippen LogP contribution in [0.4, 0.5) is 0 Å². The second kappa shape index (κ2) is 6.80. The smallest absolute Gasteiger partial charge is 0.266 e. The molecule has 6 heteroatoms. The van der Waals surface area contributed by atoms with Crippen LogP contribution in [-0.2, 0) is 4.79 Å². The third-order valence-corrected chi connectivity index (χ3v) is 6.13. The van der Waals surface area contributed by atoms with Crippen LogP contribution in [0.3, 0.4) is 0 Å². The van der Waals surface area contributed by atoms with Crippen molar-refractivity contribution in [3.8, 4) is 16.9 Å². The predicted molar refractivity (Wildman–Crippen MR) is 114 cm³/mol. The number of benzene rings is 2. The van der Waals surface area contributed by atoms with Crippen molar-refractivity contribution in [2.45, 2.75) is 19.8 Å². The molecule has 0 spiro atoms. The summed E-state index contributed by atoms with van der Waals surface area (Å²) in [5, 5.41) is 3.80. The van der Waals surface area contributed by atoms with E-state index in [0.29, 0.717) is 4.70 Å². The molecule has 0 saturated heterocycles. The Morgan fingerprint density at radius 1 is 1.21 bits per heavy atom. The SMILES string of the molecule is COc1cc(C)c2[nH]c(=O)c3sccc3c2c1-c1ccc(C(C)C(N)=O)cc1. The first kappa shape index (κ1) is 18.3. The molecule has 1 unspecified atom stereocenters. The van der Waals surface area contributed by atoms with Crippen molar-refractivity contribution in [1.29, 1.82) is 0 Å². The molecular formula is C22H20N2O3S. The van der Waals surface area contributed by atoms with Crippen molar-refractivity contribution >= 4 is 38.2 Å². The molecule has 0 aliphatic heterocycles. The highest BCUT2D eigenvalue weighted by molar-refractivity contribution is 7.17. The van der Waals surface area contributed by atoms with Crippen LogP contribution in [-0.4, -0.2) is 18.0 Å². The first-order valence-corrected chi connectivity index (χ1v) is 9.80. The number of aromatic nitrogens is 1. The first-order chi connectivity index (χ1) is 13.4. The van der Waals surface area contributed by atoms with Crippen LogP contribution in [0.1, 0.15) is 24.0 Å². The Balaban J connectivity index is 2.06. The van der Waals surface area contributed by atoms with Gasteiger partial charge in [0.1, 0.15) is 10.4 Å². The van der Waals surface area contributed by atoms with Gasteiger partial charge in [0.2, 0.25) is 5.91 Å². The van der Waals surface area contributed by atoms with Crippen LogP contribution in [0.15, 0.2) is 46.6 Å². The lowest BCUT2D eigenvalue weighted by Gasteiger charge is -2.16. The van der Waals surface area contributed by atoms with Crippen molar-refractivity contribution in [3.63, 3.8) is 0 Å². The van der Waals surface area contributed by atoms with Gasteiger partial charge in [-0.2, -0.15) is 0 Å². The Morgan fingerprint density at radius 2 is 1.93 bits per heavy atom. The number of carbonyl (C=O) groups is 1. The molecule has 2 heterocycles. The number of thiophene rings is 1. The minimum atomic E-state index is -0.358. The number of amides is 1. The quantitative estimate of drug-likeness (QED) is 0.542. The summed E-state index contributed by atoms with van der Waals surface area (Å²) in [5.74, 6) is 0.0227. The number of nitrogens with one attached hydrogen (secondary N) is 1. The van der Waals surface area contributed by atoms with E-state index in [0.717, 1.165) is 44.3 Å². The van der Waals surface area contributed by atoms with Gasteiger partial charge >= 0.3 is 0 Å². The van der Waals surface area contributed by atoms with Crippen molar-refractivity contribution in [2.75, 3.05) is 7.11 Å². The lowest BCUT2D eigenvalue weighted by Crippen LogP contribution is -2.18. The highest BCUT2D eigenvalue weighted by Gasteiger charge is 2.19. The molecule has 0 bridgehead atoms. The zero-order valence-corrected chi connectivity index (χ0v) is 16.6. The lowest BCUT2D eigenvalue weighted by molar-refractivity contribution is -0.119. The highest BCUT2D eigenvalue weighted by atomic mass is 32.1. The molecule has 0 saturated carbocycles. The lowest BCUT2D eigenvalue weighted by atomic mass is 9.92. The molecule has 2 aromatic heterocycles. The van der Waals surface area contributed by atoms with Gasteiger partial charge in [-0.15, -0.1) is 11.3 Å². The van der Waals surface area contributed by atoms with Crippen LogP contribution in [0.5, 0.6) is 5.75 Å². The van der Waals surface area contributed by atoms with Crippen LogP contribution in [0.25, 0.3) is 32.1 Å². The van der Waals surface area contributed by atoms with E-state index in [1.165, 1.54) is 11.3 Å². The second-order valence-corrected chi connectivity index (χ2v) is 7.80. The summed E-state index contributed by atoms with van der Waals surface area (Å²) in [5.41, 5.74) is 9.82. The standard InChI is InChI=1S/C22H20N2O3S/c1-11-10-16(27-3)17(14-6-4-13(5-7-14)12(2)21(23)25)18-15-8-9-28-20(15)22(26)24-19(11)18/h4-10,12H,1-3H3,(H2,23,25)(H,24,26). The number of aromatic amines is 1. The summed E-state index contributed by atoms with van der Waals surface area (Å²) < 4.78 is 6.39. The minimum Gasteiger partial charge on any atom is -0.496 e. The molecule has 0 radical (unpaired) electrons. The molecule has 142 valence electrons. The predicted octanol–water partition coefficient (Wildman–Crippen LogP) is 4.32. The van der Waals surface area contributed by atoms with Crippen LogP contribution in [0.2, 0.25) is 0 Å². The summed E-state index contributed by atoms with van der Waals surface area (Å²) in [7, 11) is 1.64. The van der Waals surface area contributed by atoms with Gasteiger partial charge in [0.05, 0.1) is 18.5 Å². The van der Waals surface area contributed by atoms with E-state index in [1.54, 1.807) is 14.0 Å². The number of nitrogens with two attached hydrogens (primary N) is 1. The van der Waals surface area contributed by atoms with Crippen LogP contribution >= 0.6 is 11.3 Å². The van der Waals surface area contributed by atoms with Gasteiger partial charge in [-0.3, -0.25) is 9.59 Å². The number of carbonyl (C=O) groups excluding carboxylic acids is 1. The van der Waals surface area contributed by atoms with Crippen molar-refractivity contribution in [3.05, 3.63) is 63.3 Å². The summed E-state index contributed by atoms with van der Waals surface area (Å²) in [4.78, 5) is 27.0. The molecule has 3 N–H and O–H groups in total. The summed E-state index contributed by atoms with van der Waals surface area (Å²) >= 11 is 1.43. The maximum Gasteiger partial charge on any atom is 0.266 e. The Bertz CT molecular complexity index is 1270. The van der Waals surface area contributed by atoms with Crippen LogP contribution in [0, 0.1) is 6.92 Å². The number of methoxy groups -OCH3 is 1. The van der Waals surface area contributed by atoms with Gasteiger partial charge in [0, 0.05) is 16.3 Å². The monoisotopic (exact) mass is 392 g/mol.